The molecule has 6 heteroatoms. The summed E-state index contributed by atoms with van der Waals surface area (Å²) in [6, 6.07) is 22.3. The number of hydrogen-bond acceptors (Lipinski definition) is 6. The number of carbonyl (C=O) groups excluding carboxylic acids is 1. The fourth-order valence-electron chi connectivity index (χ4n) is 4.74. The number of rotatable bonds is 11. The Kier molecular flexibility index (Phi) is 8.05. The van der Waals surface area contributed by atoms with Gasteiger partial charge in [-0.15, -0.1) is 0 Å². The molecule has 6 nitrogen and oxygen atoms in total. The summed E-state index contributed by atoms with van der Waals surface area (Å²) in [4.78, 5) is 12.4. The molecule has 1 aromatic heterocycles. The van der Waals surface area contributed by atoms with E-state index < -0.39 is 5.60 Å². The molecular formula is C33H38N2O4. The number of hydrogen-bond donors (Lipinski definition) is 2. The SMILES string of the molecule is CC(C)(C)OC(=O)Cc1ccccc1OCc1cc2cc(CNCC3CC3)cc(-c3cccc(CN)c3)c2o1. The number of esters is 1. The van der Waals surface area contributed by atoms with E-state index in [4.69, 9.17) is 19.6 Å². The average Bonchev–Trinajstić information content (AvgIpc) is 3.63. The molecule has 3 N–H and O–H groups in total. The van der Waals surface area contributed by atoms with Gasteiger partial charge in [0.2, 0.25) is 0 Å². The molecule has 0 unspecified atom stereocenters. The first kappa shape index (κ1) is 27.0. The number of para-hydroxylation sites is 1. The molecule has 0 aliphatic heterocycles. The van der Waals surface area contributed by atoms with Gasteiger partial charge in [-0.25, -0.2) is 0 Å². The van der Waals surface area contributed by atoms with E-state index in [1.54, 1.807) is 0 Å². The first-order valence-electron chi connectivity index (χ1n) is 13.8. The Hall–Kier alpha value is -3.61. The molecular weight excluding hydrogens is 488 g/mol. The van der Waals surface area contributed by atoms with Crippen LogP contribution in [0.15, 0.2) is 71.1 Å². The Labute approximate surface area is 230 Å². The minimum Gasteiger partial charge on any atom is -0.485 e. The second-order valence-electron chi connectivity index (χ2n) is 11.4. The van der Waals surface area contributed by atoms with Crippen LogP contribution in [0.1, 0.15) is 56.1 Å². The minimum absolute atomic E-state index is 0.145. The van der Waals surface area contributed by atoms with Crippen LogP contribution in [0, 0.1) is 5.92 Å². The summed E-state index contributed by atoms with van der Waals surface area (Å²) < 4.78 is 18.0. The van der Waals surface area contributed by atoms with Crippen molar-refractivity contribution in [3.63, 3.8) is 0 Å². The molecule has 0 spiro atoms. The van der Waals surface area contributed by atoms with Gasteiger partial charge in [0.15, 0.2) is 0 Å². The van der Waals surface area contributed by atoms with E-state index in [1.165, 1.54) is 18.4 Å². The first-order valence-corrected chi connectivity index (χ1v) is 13.8. The lowest BCUT2D eigenvalue weighted by Crippen LogP contribution is -2.25. The van der Waals surface area contributed by atoms with Crippen molar-refractivity contribution in [1.29, 1.82) is 0 Å². The average molecular weight is 527 g/mol. The first-order chi connectivity index (χ1) is 18.8. The molecule has 4 aromatic rings. The fourth-order valence-corrected chi connectivity index (χ4v) is 4.74. The molecule has 0 atom stereocenters. The number of nitrogens with one attached hydrogen (secondary N) is 1. The highest BCUT2D eigenvalue weighted by Gasteiger charge is 2.21. The summed E-state index contributed by atoms with van der Waals surface area (Å²) in [6.45, 7) is 8.20. The van der Waals surface area contributed by atoms with Gasteiger partial charge in [0.1, 0.15) is 29.3 Å². The van der Waals surface area contributed by atoms with Crippen LogP contribution >= 0.6 is 0 Å². The van der Waals surface area contributed by atoms with Gasteiger partial charge >= 0.3 is 5.97 Å². The maximum Gasteiger partial charge on any atom is 0.310 e. The largest absolute Gasteiger partial charge is 0.485 e. The van der Waals surface area contributed by atoms with Crippen LogP contribution < -0.4 is 15.8 Å². The third-order valence-electron chi connectivity index (χ3n) is 6.76. The van der Waals surface area contributed by atoms with Crippen LogP contribution in [0.25, 0.3) is 22.1 Å². The summed E-state index contributed by atoms with van der Waals surface area (Å²) in [7, 11) is 0. The molecule has 1 aliphatic carbocycles. The number of fused-ring (bicyclic) bond motifs is 1. The van der Waals surface area contributed by atoms with Gasteiger partial charge in [0.05, 0.1) is 6.42 Å². The smallest absolute Gasteiger partial charge is 0.310 e. The quantitative estimate of drug-likeness (QED) is 0.216. The third-order valence-corrected chi connectivity index (χ3v) is 6.76. The van der Waals surface area contributed by atoms with E-state index in [0.717, 1.165) is 58.0 Å². The fraction of sp³-hybridized carbons (Fsp3) is 0.364. The van der Waals surface area contributed by atoms with E-state index >= 15 is 0 Å². The molecule has 39 heavy (non-hydrogen) atoms. The molecule has 1 aliphatic rings. The van der Waals surface area contributed by atoms with Crippen LogP contribution in [0.2, 0.25) is 0 Å². The predicted octanol–water partition coefficient (Wildman–Crippen LogP) is 6.52. The summed E-state index contributed by atoms with van der Waals surface area (Å²) in [5.74, 6) is 1.90. The molecule has 0 amide bonds. The molecule has 204 valence electrons. The second-order valence-corrected chi connectivity index (χ2v) is 11.4. The molecule has 1 fully saturated rings. The van der Waals surface area contributed by atoms with Crippen molar-refractivity contribution >= 4 is 16.9 Å². The summed E-state index contributed by atoms with van der Waals surface area (Å²) >= 11 is 0. The van der Waals surface area contributed by atoms with Gasteiger partial charge < -0.3 is 24.9 Å². The van der Waals surface area contributed by atoms with Crippen LogP contribution in [-0.4, -0.2) is 18.1 Å². The zero-order valence-electron chi connectivity index (χ0n) is 23.1. The number of ether oxygens (including phenoxy) is 2. The topological polar surface area (TPSA) is 86.7 Å². The van der Waals surface area contributed by atoms with Crippen molar-refractivity contribution in [1.82, 2.24) is 5.32 Å². The summed E-state index contributed by atoms with van der Waals surface area (Å²) in [5.41, 5.74) is 11.4. The summed E-state index contributed by atoms with van der Waals surface area (Å²) in [6.07, 6.45) is 2.80. The van der Waals surface area contributed by atoms with Crippen molar-refractivity contribution in [2.45, 2.75) is 65.3 Å². The van der Waals surface area contributed by atoms with Crippen molar-refractivity contribution in [2.24, 2.45) is 11.7 Å². The Morgan fingerprint density at radius 2 is 1.85 bits per heavy atom. The second kappa shape index (κ2) is 11.6. The minimum atomic E-state index is -0.533. The van der Waals surface area contributed by atoms with Crippen LogP contribution in [0.4, 0.5) is 0 Å². The zero-order chi connectivity index (χ0) is 27.4. The Bertz CT molecular complexity index is 1450. The lowest BCUT2D eigenvalue weighted by Gasteiger charge is -2.20. The lowest BCUT2D eigenvalue weighted by molar-refractivity contribution is -0.153. The highest BCUT2D eigenvalue weighted by atomic mass is 16.6. The van der Waals surface area contributed by atoms with Crippen molar-refractivity contribution < 1.29 is 18.7 Å². The molecule has 0 bridgehead atoms. The summed E-state index contributed by atoms with van der Waals surface area (Å²) in [5, 5.41) is 4.64. The van der Waals surface area contributed by atoms with Gasteiger partial charge in [0, 0.05) is 29.6 Å². The zero-order valence-corrected chi connectivity index (χ0v) is 23.1. The van der Waals surface area contributed by atoms with Crippen molar-refractivity contribution in [3.05, 3.63) is 89.2 Å². The van der Waals surface area contributed by atoms with Gasteiger partial charge in [-0.05, 0) is 93.1 Å². The van der Waals surface area contributed by atoms with Gasteiger partial charge in [-0.2, -0.15) is 0 Å². The highest BCUT2D eigenvalue weighted by Crippen LogP contribution is 2.34. The number of carbonyl (C=O) groups is 1. The van der Waals surface area contributed by atoms with Gasteiger partial charge in [-0.1, -0.05) is 36.4 Å². The Morgan fingerprint density at radius 1 is 1.03 bits per heavy atom. The Morgan fingerprint density at radius 3 is 2.62 bits per heavy atom. The predicted molar refractivity (Wildman–Crippen MR) is 154 cm³/mol. The Balaban J connectivity index is 1.39. The number of furan rings is 1. The normalized spacial score (nSPS) is 13.5. The highest BCUT2D eigenvalue weighted by molar-refractivity contribution is 5.93. The molecule has 0 radical (unpaired) electrons. The van der Waals surface area contributed by atoms with Crippen LogP contribution in [0.3, 0.4) is 0 Å². The van der Waals surface area contributed by atoms with Crippen molar-refractivity contribution in [3.8, 4) is 16.9 Å². The van der Waals surface area contributed by atoms with E-state index in [-0.39, 0.29) is 19.0 Å². The molecule has 1 saturated carbocycles. The van der Waals surface area contributed by atoms with Crippen LogP contribution in [-0.2, 0) is 35.6 Å². The number of benzene rings is 3. The van der Waals surface area contributed by atoms with E-state index in [0.29, 0.717) is 12.3 Å². The van der Waals surface area contributed by atoms with Gasteiger partial charge in [0.25, 0.3) is 0 Å². The number of nitrogens with two attached hydrogens (primary N) is 1. The third kappa shape index (κ3) is 7.28. The maximum atomic E-state index is 12.4. The molecule has 5 rings (SSSR count). The van der Waals surface area contributed by atoms with E-state index in [2.05, 4.69) is 29.6 Å². The van der Waals surface area contributed by atoms with E-state index in [1.807, 2.05) is 63.2 Å². The molecule has 3 aromatic carbocycles. The van der Waals surface area contributed by atoms with E-state index in [9.17, 15) is 4.79 Å². The standard InChI is InChI=1S/C33H38N2O4/c1-33(2,3)39-31(36)17-26-8-4-5-10-30(26)37-21-28-16-27-14-24(20-35-19-22-11-12-22)15-29(32(27)38-28)25-9-6-7-23(13-25)18-34/h4-10,13-16,22,35H,11-12,17-21,34H2,1-3H3. The van der Waals surface area contributed by atoms with Crippen LogP contribution in [0.5, 0.6) is 5.75 Å². The maximum absolute atomic E-state index is 12.4. The molecule has 1 heterocycles. The van der Waals surface area contributed by atoms with Gasteiger partial charge in [-0.3, -0.25) is 4.79 Å². The molecule has 0 saturated heterocycles. The lowest BCUT2D eigenvalue weighted by atomic mass is 9.98. The monoisotopic (exact) mass is 526 g/mol. The van der Waals surface area contributed by atoms with Crippen molar-refractivity contribution in [2.75, 3.05) is 6.54 Å².